The van der Waals surface area contributed by atoms with Crippen LogP contribution in [-0.2, 0) is 6.54 Å². The number of aromatic nitrogens is 1. The van der Waals surface area contributed by atoms with Crippen molar-refractivity contribution in [2.75, 3.05) is 0 Å². The minimum Gasteiger partial charge on any atom is -0.409 e. The van der Waals surface area contributed by atoms with Gasteiger partial charge in [0.1, 0.15) is 0 Å². The predicted molar refractivity (Wildman–Crippen MR) is 58.1 cm³/mol. The number of rotatable bonds is 3. The van der Waals surface area contributed by atoms with Crippen molar-refractivity contribution in [2.24, 2.45) is 16.8 Å². The molecule has 5 heteroatoms. The Bertz CT molecular complexity index is 421. The maximum atomic E-state index is 11.8. The molecule has 0 spiro atoms. The van der Waals surface area contributed by atoms with E-state index in [1.165, 1.54) is 6.07 Å². The quantitative estimate of drug-likeness (QED) is 0.331. The molecule has 1 rings (SSSR count). The van der Waals surface area contributed by atoms with Gasteiger partial charge in [-0.05, 0) is 18.1 Å². The molecule has 0 aromatic carbocycles. The second-order valence-corrected chi connectivity index (χ2v) is 3.76. The molecule has 0 bridgehead atoms. The van der Waals surface area contributed by atoms with E-state index < -0.39 is 0 Å². The Hall–Kier alpha value is -1.78. The van der Waals surface area contributed by atoms with Crippen LogP contribution in [0.2, 0.25) is 0 Å². The van der Waals surface area contributed by atoms with Gasteiger partial charge in [-0.2, -0.15) is 0 Å². The highest BCUT2D eigenvalue weighted by Gasteiger charge is 2.07. The Labute approximate surface area is 87.8 Å². The zero-order valence-electron chi connectivity index (χ0n) is 8.84. The molecule has 0 aliphatic rings. The number of nitrogens with two attached hydrogens (primary N) is 1. The molecule has 3 N–H and O–H groups in total. The van der Waals surface area contributed by atoms with Crippen LogP contribution in [0.25, 0.3) is 0 Å². The van der Waals surface area contributed by atoms with Gasteiger partial charge in [-0.15, -0.1) is 0 Å². The monoisotopic (exact) mass is 209 g/mol. The van der Waals surface area contributed by atoms with Crippen LogP contribution in [0.5, 0.6) is 0 Å². The van der Waals surface area contributed by atoms with Gasteiger partial charge >= 0.3 is 0 Å². The molecule has 0 atom stereocenters. The summed E-state index contributed by atoms with van der Waals surface area (Å²) in [7, 11) is 0. The number of amidine groups is 1. The molecule has 82 valence electrons. The van der Waals surface area contributed by atoms with Gasteiger partial charge in [0.25, 0.3) is 5.56 Å². The molecule has 0 amide bonds. The Morgan fingerprint density at radius 2 is 2.33 bits per heavy atom. The highest BCUT2D eigenvalue weighted by molar-refractivity contribution is 5.96. The largest absolute Gasteiger partial charge is 0.409 e. The lowest BCUT2D eigenvalue weighted by Crippen LogP contribution is -2.30. The molecular weight excluding hydrogens is 194 g/mol. The zero-order chi connectivity index (χ0) is 11.4. The van der Waals surface area contributed by atoms with Crippen molar-refractivity contribution in [1.82, 2.24) is 4.57 Å². The van der Waals surface area contributed by atoms with Gasteiger partial charge < -0.3 is 15.5 Å². The molecule has 0 aliphatic heterocycles. The van der Waals surface area contributed by atoms with E-state index in [2.05, 4.69) is 5.16 Å². The fourth-order valence-corrected chi connectivity index (χ4v) is 1.32. The van der Waals surface area contributed by atoms with Gasteiger partial charge in [-0.25, -0.2) is 0 Å². The highest BCUT2D eigenvalue weighted by Crippen LogP contribution is 1.97. The summed E-state index contributed by atoms with van der Waals surface area (Å²) in [4.78, 5) is 11.8. The fourth-order valence-electron chi connectivity index (χ4n) is 1.32. The molecule has 0 saturated carbocycles. The van der Waals surface area contributed by atoms with Gasteiger partial charge in [0.2, 0.25) is 0 Å². The van der Waals surface area contributed by atoms with Crippen LogP contribution in [0.3, 0.4) is 0 Å². The topological polar surface area (TPSA) is 80.6 Å². The van der Waals surface area contributed by atoms with E-state index >= 15 is 0 Å². The average Bonchev–Trinajstić information content (AvgIpc) is 2.19. The van der Waals surface area contributed by atoms with E-state index in [-0.39, 0.29) is 17.0 Å². The van der Waals surface area contributed by atoms with E-state index in [0.717, 1.165) is 0 Å². The summed E-state index contributed by atoms with van der Waals surface area (Å²) < 4.78 is 1.55. The number of oxime groups is 1. The van der Waals surface area contributed by atoms with Crippen molar-refractivity contribution < 1.29 is 5.21 Å². The minimum atomic E-state index is -0.235. The van der Waals surface area contributed by atoms with Gasteiger partial charge in [0, 0.05) is 12.7 Å². The average molecular weight is 209 g/mol. The van der Waals surface area contributed by atoms with Crippen molar-refractivity contribution in [3.8, 4) is 0 Å². The van der Waals surface area contributed by atoms with Crippen LogP contribution in [-0.4, -0.2) is 15.6 Å². The normalized spacial score (nSPS) is 12.1. The summed E-state index contributed by atoms with van der Waals surface area (Å²) in [6, 6.07) is 3.24. The van der Waals surface area contributed by atoms with Crippen LogP contribution in [0.15, 0.2) is 28.3 Å². The molecule has 1 aromatic heterocycles. The van der Waals surface area contributed by atoms with E-state index in [4.69, 9.17) is 10.9 Å². The van der Waals surface area contributed by atoms with E-state index in [1.54, 1.807) is 16.8 Å². The van der Waals surface area contributed by atoms with Crippen molar-refractivity contribution >= 4 is 5.84 Å². The molecule has 15 heavy (non-hydrogen) atoms. The third kappa shape index (κ3) is 2.59. The first-order chi connectivity index (χ1) is 7.06. The third-order valence-corrected chi connectivity index (χ3v) is 1.97. The van der Waals surface area contributed by atoms with Crippen molar-refractivity contribution in [3.63, 3.8) is 0 Å². The molecule has 0 saturated heterocycles. The lowest BCUT2D eigenvalue weighted by atomic mass is 10.2. The number of pyridine rings is 1. The SMILES string of the molecule is CC(C)Cn1cccc(/C(N)=N/O)c1=O. The fraction of sp³-hybridized carbons (Fsp3) is 0.400. The smallest absolute Gasteiger partial charge is 0.261 e. The number of hydrogen-bond donors (Lipinski definition) is 2. The second-order valence-electron chi connectivity index (χ2n) is 3.76. The van der Waals surface area contributed by atoms with E-state index in [0.29, 0.717) is 12.5 Å². The summed E-state index contributed by atoms with van der Waals surface area (Å²) >= 11 is 0. The van der Waals surface area contributed by atoms with Crippen LogP contribution < -0.4 is 11.3 Å². The van der Waals surface area contributed by atoms with Crippen molar-refractivity contribution in [1.29, 1.82) is 0 Å². The maximum absolute atomic E-state index is 11.8. The first-order valence-electron chi connectivity index (χ1n) is 4.73. The standard InChI is InChI=1S/C10H15N3O2/c1-7(2)6-13-5-3-4-8(10(13)14)9(11)12-15/h3-5,7,15H,6H2,1-2H3,(H2,11,12). The van der Waals surface area contributed by atoms with Crippen LogP contribution >= 0.6 is 0 Å². The third-order valence-electron chi connectivity index (χ3n) is 1.97. The Morgan fingerprint density at radius 3 is 2.87 bits per heavy atom. The molecule has 0 radical (unpaired) electrons. The maximum Gasteiger partial charge on any atom is 0.261 e. The number of hydrogen-bond acceptors (Lipinski definition) is 3. The van der Waals surface area contributed by atoms with Crippen molar-refractivity contribution in [3.05, 3.63) is 34.2 Å². The predicted octanol–water partition coefficient (Wildman–Crippen LogP) is 0.599. The lowest BCUT2D eigenvalue weighted by Gasteiger charge is -2.09. The molecule has 1 aromatic rings. The molecule has 0 unspecified atom stereocenters. The molecule has 1 heterocycles. The Morgan fingerprint density at radius 1 is 1.67 bits per heavy atom. The molecule has 0 fully saturated rings. The Kier molecular flexibility index (Phi) is 3.49. The second kappa shape index (κ2) is 4.63. The summed E-state index contributed by atoms with van der Waals surface area (Å²) in [6.45, 7) is 4.65. The van der Waals surface area contributed by atoms with Crippen molar-refractivity contribution in [2.45, 2.75) is 20.4 Å². The lowest BCUT2D eigenvalue weighted by molar-refractivity contribution is 0.318. The van der Waals surface area contributed by atoms with E-state index in [9.17, 15) is 4.79 Å². The molecule has 5 nitrogen and oxygen atoms in total. The Balaban J connectivity index is 3.18. The van der Waals surface area contributed by atoms with E-state index in [1.807, 2.05) is 13.8 Å². The molecular formula is C10H15N3O2. The minimum absolute atomic E-state index is 0.155. The van der Waals surface area contributed by atoms with Gasteiger partial charge in [-0.1, -0.05) is 19.0 Å². The van der Waals surface area contributed by atoms with Crippen LogP contribution in [0, 0.1) is 5.92 Å². The summed E-state index contributed by atoms with van der Waals surface area (Å²) in [5, 5.41) is 11.3. The molecule has 0 aliphatic carbocycles. The van der Waals surface area contributed by atoms with Gasteiger partial charge in [-0.3, -0.25) is 4.79 Å². The summed E-state index contributed by atoms with van der Waals surface area (Å²) in [5.41, 5.74) is 5.37. The van der Waals surface area contributed by atoms with Crippen LogP contribution in [0.4, 0.5) is 0 Å². The van der Waals surface area contributed by atoms with Gasteiger partial charge in [0.05, 0.1) is 5.56 Å². The zero-order valence-corrected chi connectivity index (χ0v) is 8.84. The first-order valence-corrected chi connectivity index (χ1v) is 4.73. The van der Waals surface area contributed by atoms with Crippen LogP contribution in [0.1, 0.15) is 19.4 Å². The summed E-state index contributed by atoms with van der Waals surface area (Å²) in [6.07, 6.45) is 1.69. The van der Waals surface area contributed by atoms with Gasteiger partial charge in [0.15, 0.2) is 5.84 Å². The highest BCUT2D eigenvalue weighted by atomic mass is 16.4. The number of nitrogens with zero attached hydrogens (tertiary/aromatic N) is 2. The first kappa shape index (κ1) is 11.3. The summed E-state index contributed by atoms with van der Waals surface area (Å²) in [5.74, 6) is 0.211.